The molecule has 2 aliphatic rings. The Balaban J connectivity index is 1.48. The summed E-state index contributed by atoms with van der Waals surface area (Å²) < 4.78 is 10.9. The fourth-order valence-corrected chi connectivity index (χ4v) is 3.72. The fourth-order valence-electron chi connectivity index (χ4n) is 3.72. The number of aliphatic hydroxyl groups excluding tert-OH is 1. The van der Waals surface area contributed by atoms with Crippen LogP contribution in [0.3, 0.4) is 0 Å². The lowest BCUT2D eigenvalue weighted by molar-refractivity contribution is 0.0943. The van der Waals surface area contributed by atoms with Gasteiger partial charge in [-0.05, 0) is 30.2 Å². The Labute approximate surface area is 146 Å². The van der Waals surface area contributed by atoms with Crippen LogP contribution in [0.4, 0.5) is 0 Å². The highest BCUT2D eigenvalue weighted by Gasteiger charge is 2.60. The number of fused-ring (bicyclic) bond motifs is 3. The summed E-state index contributed by atoms with van der Waals surface area (Å²) in [4.78, 5) is 4.60. The number of aliphatic hydroxyl groups is 1. The van der Waals surface area contributed by atoms with Gasteiger partial charge < -0.3 is 14.3 Å². The summed E-state index contributed by atoms with van der Waals surface area (Å²) in [5, 5.41) is 19.6. The lowest BCUT2D eigenvalue weighted by atomic mass is 10.0. The van der Waals surface area contributed by atoms with E-state index in [2.05, 4.69) is 27.0 Å². The van der Waals surface area contributed by atoms with E-state index in [9.17, 15) is 0 Å². The number of nitrogens with zero attached hydrogens (tertiary/aromatic N) is 1. The van der Waals surface area contributed by atoms with E-state index in [0.717, 1.165) is 31.0 Å². The van der Waals surface area contributed by atoms with Crippen molar-refractivity contribution in [3.63, 3.8) is 0 Å². The van der Waals surface area contributed by atoms with Gasteiger partial charge in [0.05, 0.1) is 44.5 Å². The zero-order chi connectivity index (χ0) is 17.1. The fraction of sp³-hybridized carbons (Fsp3) is 0.500. The quantitative estimate of drug-likeness (QED) is 0.505. The molecule has 0 radical (unpaired) electrons. The molecule has 2 aromatic rings. The standard InChI is InChI=1S/C18H24N4O3/c23-8-11-24-10-4-13-3-5-19-16-15(13)18(16)17(20-6-7-22-18)21-12-14-2-1-9-25-14/h1-3,5,9,17,20-23H,4,6-8,10-12H2. The minimum absolute atomic E-state index is 0.0582. The first-order chi connectivity index (χ1) is 12.4. The first kappa shape index (κ1) is 16.7. The van der Waals surface area contributed by atoms with Crippen LogP contribution in [0.5, 0.6) is 0 Å². The van der Waals surface area contributed by atoms with E-state index in [4.69, 9.17) is 14.3 Å². The Morgan fingerprint density at radius 1 is 1.36 bits per heavy atom. The highest BCUT2D eigenvalue weighted by molar-refractivity contribution is 5.61. The molecule has 4 rings (SSSR count). The molecule has 1 aliphatic carbocycles. The number of nitrogens with one attached hydrogen (secondary N) is 3. The van der Waals surface area contributed by atoms with Gasteiger partial charge in [-0.3, -0.25) is 20.9 Å². The van der Waals surface area contributed by atoms with E-state index in [1.54, 1.807) is 6.26 Å². The molecular formula is C18H24N4O3. The third kappa shape index (κ3) is 3.09. The SMILES string of the molecule is OCCOCCc1ccnc2c1C21NCCNC1NCc1ccco1. The zero-order valence-electron chi connectivity index (χ0n) is 14.1. The number of piperazine rings is 1. The van der Waals surface area contributed by atoms with Gasteiger partial charge in [0, 0.05) is 24.8 Å². The number of furan rings is 1. The molecule has 7 nitrogen and oxygen atoms in total. The number of aromatic nitrogens is 1. The topological polar surface area (TPSA) is 91.6 Å². The van der Waals surface area contributed by atoms with Crippen LogP contribution in [0.2, 0.25) is 0 Å². The Kier molecular flexibility index (Phi) is 4.82. The molecule has 0 bridgehead atoms. The monoisotopic (exact) mass is 344 g/mol. The highest BCUT2D eigenvalue weighted by Crippen LogP contribution is 2.50. The Bertz CT molecular complexity index is 706. The van der Waals surface area contributed by atoms with Gasteiger partial charge in [0.15, 0.2) is 0 Å². The van der Waals surface area contributed by atoms with E-state index in [1.165, 1.54) is 11.1 Å². The van der Waals surface area contributed by atoms with Gasteiger partial charge in [0.2, 0.25) is 0 Å². The molecule has 0 aromatic carbocycles. The average molecular weight is 344 g/mol. The maximum absolute atomic E-state index is 8.83. The van der Waals surface area contributed by atoms with Gasteiger partial charge in [0.1, 0.15) is 11.3 Å². The van der Waals surface area contributed by atoms with E-state index < -0.39 is 0 Å². The van der Waals surface area contributed by atoms with Gasteiger partial charge >= 0.3 is 0 Å². The summed E-state index contributed by atoms with van der Waals surface area (Å²) in [5.41, 5.74) is 3.38. The second kappa shape index (κ2) is 7.23. The van der Waals surface area contributed by atoms with Crippen LogP contribution in [0.25, 0.3) is 0 Å². The first-order valence-corrected chi connectivity index (χ1v) is 8.78. The molecule has 1 fully saturated rings. The van der Waals surface area contributed by atoms with Crippen LogP contribution in [-0.2, 0) is 23.2 Å². The van der Waals surface area contributed by atoms with Crippen LogP contribution < -0.4 is 16.0 Å². The van der Waals surface area contributed by atoms with Crippen molar-refractivity contribution in [3.8, 4) is 0 Å². The van der Waals surface area contributed by atoms with Crippen LogP contribution in [0.1, 0.15) is 22.6 Å². The van der Waals surface area contributed by atoms with Crippen molar-refractivity contribution in [2.24, 2.45) is 0 Å². The van der Waals surface area contributed by atoms with E-state index >= 15 is 0 Å². The summed E-state index contributed by atoms with van der Waals surface area (Å²) >= 11 is 0. The first-order valence-electron chi connectivity index (χ1n) is 8.78. The lowest BCUT2D eigenvalue weighted by Crippen LogP contribution is -2.63. The van der Waals surface area contributed by atoms with Gasteiger partial charge in [0.25, 0.3) is 0 Å². The van der Waals surface area contributed by atoms with Gasteiger partial charge in [-0.2, -0.15) is 0 Å². The van der Waals surface area contributed by atoms with Crippen LogP contribution >= 0.6 is 0 Å². The average Bonchev–Trinajstić information content (AvgIpc) is 3.03. The van der Waals surface area contributed by atoms with Crippen LogP contribution in [0, 0.1) is 0 Å². The highest BCUT2D eigenvalue weighted by atomic mass is 16.5. The lowest BCUT2D eigenvalue weighted by Gasteiger charge is -2.35. The molecule has 7 heteroatoms. The summed E-state index contributed by atoms with van der Waals surface area (Å²) in [5.74, 6) is 0.915. The second-order valence-corrected chi connectivity index (χ2v) is 6.36. The maximum Gasteiger partial charge on any atom is 0.118 e. The van der Waals surface area contributed by atoms with Gasteiger partial charge in [-0.15, -0.1) is 0 Å². The number of pyridine rings is 1. The van der Waals surface area contributed by atoms with Crippen molar-refractivity contribution in [2.75, 3.05) is 32.9 Å². The molecule has 25 heavy (non-hydrogen) atoms. The molecule has 1 saturated heterocycles. The summed E-state index contributed by atoms with van der Waals surface area (Å²) in [6, 6.07) is 5.94. The van der Waals surface area contributed by atoms with Crippen molar-refractivity contribution in [1.29, 1.82) is 0 Å². The van der Waals surface area contributed by atoms with Crippen molar-refractivity contribution in [2.45, 2.75) is 24.7 Å². The number of rotatable bonds is 8. The molecule has 0 saturated carbocycles. The molecule has 2 unspecified atom stereocenters. The van der Waals surface area contributed by atoms with Gasteiger partial charge in [-0.25, -0.2) is 0 Å². The van der Waals surface area contributed by atoms with E-state index in [0.29, 0.717) is 19.8 Å². The summed E-state index contributed by atoms with van der Waals surface area (Å²) in [7, 11) is 0. The molecule has 1 spiro atoms. The molecule has 1 aliphatic heterocycles. The predicted octanol–water partition coefficient (Wildman–Crippen LogP) is 0.0917. The minimum Gasteiger partial charge on any atom is -0.468 e. The minimum atomic E-state index is -0.249. The van der Waals surface area contributed by atoms with E-state index in [1.807, 2.05) is 18.3 Å². The third-order valence-electron chi connectivity index (χ3n) is 4.86. The largest absolute Gasteiger partial charge is 0.468 e. The Morgan fingerprint density at radius 2 is 2.32 bits per heavy atom. The molecule has 0 amide bonds. The Morgan fingerprint density at radius 3 is 3.16 bits per heavy atom. The molecule has 2 aromatic heterocycles. The van der Waals surface area contributed by atoms with Crippen molar-refractivity contribution in [3.05, 3.63) is 53.2 Å². The zero-order valence-corrected chi connectivity index (χ0v) is 14.1. The molecule has 4 N–H and O–H groups in total. The Hall–Kier alpha value is -1.77. The maximum atomic E-state index is 8.83. The predicted molar refractivity (Wildman–Crippen MR) is 92.0 cm³/mol. The smallest absolute Gasteiger partial charge is 0.118 e. The van der Waals surface area contributed by atoms with Crippen LogP contribution in [0.15, 0.2) is 35.1 Å². The van der Waals surface area contributed by atoms with E-state index in [-0.39, 0.29) is 18.3 Å². The molecule has 3 heterocycles. The van der Waals surface area contributed by atoms with Crippen LogP contribution in [-0.4, -0.2) is 49.2 Å². The second-order valence-electron chi connectivity index (χ2n) is 6.36. The van der Waals surface area contributed by atoms with Crippen molar-refractivity contribution < 1.29 is 14.3 Å². The molecule has 134 valence electrons. The summed E-state index contributed by atoms with van der Waals surface area (Å²) in [6.07, 6.45) is 4.44. The summed E-state index contributed by atoms with van der Waals surface area (Å²) in [6.45, 7) is 3.51. The van der Waals surface area contributed by atoms with Crippen molar-refractivity contribution in [1.82, 2.24) is 20.9 Å². The number of hydrogen-bond acceptors (Lipinski definition) is 7. The normalized spacial score (nSPS) is 24.4. The van der Waals surface area contributed by atoms with Gasteiger partial charge in [-0.1, -0.05) is 0 Å². The third-order valence-corrected chi connectivity index (χ3v) is 4.86. The molecule has 2 atom stereocenters. The number of ether oxygens (including phenoxy) is 1. The number of hydrogen-bond donors (Lipinski definition) is 4. The molecular weight excluding hydrogens is 320 g/mol. The van der Waals surface area contributed by atoms with Crippen molar-refractivity contribution >= 4 is 0 Å².